The number of nitrogens with zero attached hydrogens (tertiary/aromatic N) is 3. The first kappa shape index (κ1) is 17.2. The van der Waals surface area contributed by atoms with E-state index in [2.05, 4.69) is 9.97 Å². The highest BCUT2D eigenvalue weighted by Gasteiger charge is 2.14. The normalized spacial score (nSPS) is 10.9. The number of pyridine rings is 1. The first-order valence-corrected chi connectivity index (χ1v) is 9.21. The molecule has 0 spiro atoms. The van der Waals surface area contributed by atoms with Gasteiger partial charge in [0, 0.05) is 16.6 Å². The summed E-state index contributed by atoms with van der Waals surface area (Å²) < 4.78 is 12.6. The average Bonchev–Trinajstić information content (AvgIpc) is 3.36. The topological polar surface area (TPSA) is 65.7 Å². The van der Waals surface area contributed by atoms with E-state index in [4.69, 9.17) is 9.47 Å². The summed E-state index contributed by atoms with van der Waals surface area (Å²) in [6, 6.07) is 11.3. The highest BCUT2D eigenvalue weighted by molar-refractivity contribution is 7.13. The molecule has 0 radical (unpaired) electrons. The molecule has 7 heteroatoms. The number of hydrogen-bond donors (Lipinski definition) is 0. The first-order valence-electron chi connectivity index (χ1n) is 8.33. The summed E-state index contributed by atoms with van der Waals surface area (Å²) in [6.45, 7) is 2.00. The van der Waals surface area contributed by atoms with Crippen LogP contribution in [0, 0.1) is 6.92 Å². The SMILES string of the molecule is COc1cccc(-c2nc(COC(=O)c3ccc4cncn4c3C)cs2)c1. The monoisotopic (exact) mass is 379 g/mol. The molecule has 0 amide bonds. The van der Waals surface area contributed by atoms with E-state index in [1.165, 1.54) is 11.3 Å². The number of esters is 1. The van der Waals surface area contributed by atoms with Crippen LogP contribution in [0.2, 0.25) is 0 Å². The third-order valence-corrected chi connectivity index (χ3v) is 5.22. The van der Waals surface area contributed by atoms with Gasteiger partial charge >= 0.3 is 5.97 Å². The molecule has 4 aromatic rings. The van der Waals surface area contributed by atoms with Gasteiger partial charge in [0.2, 0.25) is 0 Å². The second kappa shape index (κ2) is 7.20. The smallest absolute Gasteiger partial charge is 0.340 e. The number of carbonyl (C=O) groups is 1. The molecule has 6 nitrogen and oxygen atoms in total. The Hall–Kier alpha value is -3.19. The van der Waals surface area contributed by atoms with Gasteiger partial charge in [-0.05, 0) is 31.2 Å². The molecule has 0 aliphatic carbocycles. The lowest BCUT2D eigenvalue weighted by Gasteiger charge is -2.08. The second-order valence-electron chi connectivity index (χ2n) is 5.97. The van der Waals surface area contributed by atoms with Crippen LogP contribution in [0.1, 0.15) is 21.7 Å². The third kappa shape index (κ3) is 3.41. The molecule has 27 heavy (non-hydrogen) atoms. The van der Waals surface area contributed by atoms with Crippen molar-refractivity contribution in [2.24, 2.45) is 0 Å². The van der Waals surface area contributed by atoms with E-state index in [-0.39, 0.29) is 12.6 Å². The molecule has 0 bridgehead atoms. The number of imidazole rings is 1. The van der Waals surface area contributed by atoms with Crippen molar-refractivity contribution < 1.29 is 14.3 Å². The Morgan fingerprint density at radius 1 is 1.26 bits per heavy atom. The molecular weight excluding hydrogens is 362 g/mol. The lowest BCUT2D eigenvalue weighted by molar-refractivity contribution is 0.0467. The number of carbonyl (C=O) groups excluding carboxylic acids is 1. The Morgan fingerprint density at radius 2 is 2.15 bits per heavy atom. The number of hydrogen-bond acceptors (Lipinski definition) is 6. The number of methoxy groups -OCH3 is 1. The van der Waals surface area contributed by atoms with Crippen molar-refractivity contribution in [1.82, 2.24) is 14.4 Å². The minimum atomic E-state index is -0.376. The highest BCUT2D eigenvalue weighted by Crippen LogP contribution is 2.27. The Bertz CT molecular complexity index is 1120. The van der Waals surface area contributed by atoms with E-state index >= 15 is 0 Å². The summed E-state index contributed by atoms with van der Waals surface area (Å²) in [4.78, 5) is 21.1. The van der Waals surface area contributed by atoms with Crippen molar-refractivity contribution in [2.75, 3.05) is 7.11 Å². The van der Waals surface area contributed by atoms with Crippen molar-refractivity contribution in [3.63, 3.8) is 0 Å². The van der Waals surface area contributed by atoms with Crippen LogP contribution in [0.3, 0.4) is 0 Å². The standard InChI is InChI=1S/C20H17N3O3S/c1-13-18(7-6-16-9-21-12-23(13)16)20(24)26-10-15-11-27-19(22-15)14-4-3-5-17(8-14)25-2/h3-9,11-12H,10H2,1-2H3. The van der Waals surface area contributed by atoms with Crippen LogP contribution in [-0.2, 0) is 11.3 Å². The van der Waals surface area contributed by atoms with Gasteiger partial charge in [0.25, 0.3) is 0 Å². The van der Waals surface area contributed by atoms with Gasteiger partial charge in [-0.2, -0.15) is 0 Å². The Morgan fingerprint density at radius 3 is 3.00 bits per heavy atom. The predicted molar refractivity (Wildman–Crippen MR) is 103 cm³/mol. The van der Waals surface area contributed by atoms with Crippen LogP contribution in [0.4, 0.5) is 0 Å². The van der Waals surface area contributed by atoms with E-state index in [1.807, 2.05) is 47.0 Å². The van der Waals surface area contributed by atoms with Crippen LogP contribution in [-0.4, -0.2) is 27.4 Å². The third-order valence-electron chi connectivity index (χ3n) is 4.28. The lowest BCUT2D eigenvalue weighted by Crippen LogP contribution is -2.09. The van der Waals surface area contributed by atoms with Gasteiger partial charge in [-0.15, -0.1) is 11.3 Å². The van der Waals surface area contributed by atoms with Crippen LogP contribution in [0.5, 0.6) is 5.75 Å². The van der Waals surface area contributed by atoms with Gasteiger partial charge in [0.05, 0.1) is 36.4 Å². The average molecular weight is 379 g/mol. The molecule has 4 rings (SSSR count). The maximum absolute atomic E-state index is 12.5. The van der Waals surface area contributed by atoms with Gasteiger partial charge < -0.3 is 13.9 Å². The van der Waals surface area contributed by atoms with E-state index in [0.29, 0.717) is 11.3 Å². The fourth-order valence-corrected chi connectivity index (χ4v) is 3.62. The molecule has 0 saturated carbocycles. The molecule has 0 aliphatic rings. The molecule has 0 N–H and O–H groups in total. The van der Waals surface area contributed by atoms with E-state index in [9.17, 15) is 4.79 Å². The van der Waals surface area contributed by atoms with Gasteiger partial charge in [-0.1, -0.05) is 12.1 Å². The zero-order chi connectivity index (χ0) is 18.8. The molecule has 0 aliphatic heterocycles. The summed E-state index contributed by atoms with van der Waals surface area (Å²) in [5, 5.41) is 2.75. The van der Waals surface area contributed by atoms with Crippen LogP contribution < -0.4 is 4.74 Å². The Kier molecular flexibility index (Phi) is 4.60. The van der Waals surface area contributed by atoms with Crippen molar-refractivity contribution >= 4 is 22.8 Å². The number of benzene rings is 1. The number of rotatable bonds is 5. The molecular formula is C20H17N3O3S. The molecule has 3 heterocycles. The van der Waals surface area contributed by atoms with Crippen LogP contribution >= 0.6 is 11.3 Å². The summed E-state index contributed by atoms with van der Waals surface area (Å²) in [7, 11) is 1.63. The van der Waals surface area contributed by atoms with Crippen molar-refractivity contribution in [3.05, 3.63) is 71.3 Å². The molecule has 0 saturated heterocycles. The minimum Gasteiger partial charge on any atom is -0.497 e. The molecule has 0 unspecified atom stereocenters. The van der Waals surface area contributed by atoms with Crippen LogP contribution in [0.25, 0.3) is 16.1 Å². The zero-order valence-corrected chi connectivity index (χ0v) is 15.7. The quantitative estimate of drug-likeness (QED) is 0.488. The molecule has 136 valence electrons. The van der Waals surface area contributed by atoms with Gasteiger partial charge in [0.15, 0.2) is 0 Å². The van der Waals surface area contributed by atoms with Gasteiger partial charge in [0.1, 0.15) is 17.4 Å². The number of fused-ring (bicyclic) bond motifs is 1. The van der Waals surface area contributed by atoms with Crippen molar-refractivity contribution in [3.8, 4) is 16.3 Å². The Balaban J connectivity index is 1.47. The summed E-state index contributed by atoms with van der Waals surface area (Å²) in [5.41, 5.74) is 3.94. The second-order valence-corrected chi connectivity index (χ2v) is 6.83. The largest absolute Gasteiger partial charge is 0.497 e. The molecule has 1 aromatic carbocycles. The lowest BCUT2D eigenvalue weighted by atomic mass is 10.2. The van der Waals surface area contributed by atoms with E-state index in [0.717, 1.165) is 27.5 Å². The summed E-state index contributed by atoms with van der Waals surface area (Å²) in [6.07, 6.45) is 3.43. The minimum absolute atomic E-state index is 0.126. The number of aryl methyl sites for hydroxylation is 1. The number of aromatic nitrogens is 3. The summed E-state index contributed by atoms with van der Waals surface area (Å²) >= 11 is 1.51. The van der Waals surface area contributed by atoms with E-state index < -0.39 is 0 Å². The fourth-order valence-electron chi connectivity index (χ4n) is 2.82. The van der Waals surface area contributed by atoms with Crippen LogP contribution in [0.15, 0.2) is 54.3 Å². The molecule has 0 atom stereocenters. The summed E-state index contributed by atoms with van der Waals surface area (Å²) in [5.74, 6) is 0.403. The number of ether oxygens (including phenoxy) is 2. The molecule has 3 aromatic heterocycles. The Labute approximate surface area is 160 Å². The van der Waals surface area contributed by atoms with E-state index in [1.54, 1.807) is 25.7 Å². The predicted octanol–water partition coefficient (Wildman–Crippen LogP) is 4.13. The fraction of sp³-hybridized carbons (Fsp3) is 0.150. The maximum Gasteiger partial charge on any atom is 0.340 e. The van der Waals surface area contributed by atoms with Crippen molar-refractivity contribution in [1.29, 1.82) is 0 Å². The number of thiazole rings is 1. The molecule has 0 fully saturated rings. The van der Waals surface area contributed by atoms with Gasteiger partial charge in [-0.25, -0.2) is 14.8 Å². The first-order chi connectivity index (χ1) is 13.2. The van der Waals surface area contributed by atoms with Gasteiger partial charge in [-0.3, -0.25) is 0 Å². The maximum atomic E-state index is 12.5. The highest BCUT2D eigenvalue weighted by atomic mass is 32.1. The zero-order valence-electron chi connectivity index (χ0n) is 14.9. The van der Waals surface area contributed by atoms with Crippen molar-refractivity contribution in [2.45, 2.75) is 13.5 Å².